The monoisotopic (exact) mass is 213 g/mol. The van der Waals surface area contributed by atoms with Gasteiger partial charge >= 0.3 is 0 Å². The molecule has 0 bridgehead atoms. The minimum absolute atomic E-state index is 0.511. The summed E-state index contributed by atoms with van der Waals surface area (Å²) in [4.78, 5) is 8.67. The molecule has 0 saturated carbocycles. The lowest BCUT2D eigenvalue weighted by Gasteiger charge is -2.05. The fourth-order valence-corrected chi connectivity index (χ4v) is 1.73. The standard InChI is InChI=1S/C13H15N3/c1-3-15-13(14)12-8-9(2)10-6-4-5-7-11(10)16-12/h4-8H,3H2,1-2H3,(H2,14,15). The predicted octanol–water partition coefficient (Wildman–Crippen LogP) is 2.27. The Hall–Kier alpha value is -1.90. The van der Waals surface area contributed by atoms with Crippen molar-refractivity contribution in [2.24, 2.45) is 10.7 Å². The summed E-state index contributed by atoms with van der Waals surface area (Å²) in [5, 5.41) is 1.16. The second-order valence-electron chi connectivity index (χ2n) is 3.70. The second-order valence-corrected chi connectivity index (χ2v) is 3.70. The summed E-state index contributed by atoms with van der Waals surface area (Å²) in [7, 11) is 0. The average molecular weight is 213 g/mol. The minimum atomic E-state index is 0.511. The molecule has 0 saturated heterocycles. The number of aromatic nitrogens is 1. The van der Waals surface area contributed by atoms with E-state index in [1.807, 2.05) is 31.2 Å². The Kier molecular flexibility index (Phi) is 2.86. The number of amidine groups is 1. The van der Waals surface area contributed by atoms with Gasteiger partial charge in [0, 0.05) is 11.9 Å². The number of fused-ring (bicyclic) bond motifs is 1. The number of nitrogens with zero attached hydrogens (tertiary/aromatic N) is 2. The summed E-state index contributed by atoms with van der Waals surface area (Å²) < 4.78 is 0. The maximum atomic E-state index is 5.85. The van der Waals surface area contributed by atoms with Gasteiger partial charge in [0.1, 0.15) is 11.5 Å². The zero-order chi connectivity index (χ0) is 11.5. The molecule has 2 N–H and O–H groups in total. The fraction of sp³-hybridized carbons (Fsp3) is 0.231. The molecule has 0 aliphatic heterocycles. The normalized spacial score (nSPS) is 12.0. The van der Waals surface area contributed by atoms with Gasteiger partial charge < -0.3 is 5.73 Å². The van der Waals surface area contributed by atoms with Gasteiger partial charge in [-0.1, -0.05) is 18.2 Å². The largest absolute Gasteiger partial charge is 0.382 e. The molecule has 0 amide bonds. The Morgan fingerprint density at radius 1 is 1.38 bits per heavy atom. The summed E-state index contributed by atoms with van der Waals surface area (Å²) >= 11 is 0. The SMILES string of the molecule is CCN=C(N)c1cc(C)c2ccccc2n1. The molecule has 1 heterocycles. The number of para-hydroxylation sites is 1. The summed E-state index contributed by atoms with van der Waals surface area (Å²) in [6.45, 7) is 4.70. The third-order valence-electron chi connectivity index (χ3n) is 2.51. The first-order valence-electron chi connectivity index (χ1n) is 5.39. The topological polar surface area (TPSA) is 51.3 Å². The molecule has 0 aliphatic carbocycles. The van der Waals surface area contributed by atoms with Crippen LogP contribution in [-0.4, -0.2) is 17.4 Å². The number of hydrogen-bond donors (Lipinski definition) is 1. The van der Waals surface area contributed by atoms with Crippen LogP contribution < -0.4 is 5.73 Å². The van der Waals surface area contributed by atoms with Crippen LogP contribution in [0, 0.1) is 6.92 Å². The van der Waals surface area contributed by atoms with Crippen molar-refractivity contribution in [3.63, 3.8) is 0 Å². The first-order valence-corrected chi connectivity index (χ1v) is 5.39. The van der Waals surface area contributed by atoms with Gasteiger partial charge in [-0.25, -0.2) is 4.98 Å². The molecular formula is C13H15N3. The third-order valence-corrected chi connectivity index (χ3v) is 2.51. The smallest absolute Gasteiger partial charge is 0.144 e. The van der Waals surface area contributed by atoms with E-state index in [1.54, 1.807) is 0 Å². The van der Waals surface area contributed by atoms with E-state index in [0.29, 0.717) is 12.4 Å². The molecule has 0 aliphatic rings. The predicted molar refractivity (Wildman–Crippen MR) is 67.7 cm³/mol. The number of benzene rings is 1. The summed E-state index contributed by atoms with van der Waals surface area (Å²) in [5.74, 6) is 0.511. The van der Waals surface area contributed by atoms with Crippen molar-refractivity contribution in [2.45, 2.75) is 13.8 Å². The van der Waals surface area contributed by atoms with E-state index in [9.17, 15) is 0 Å². The molecule has 0 spiro atoms. The lowest BCUT2D eigenvalue weighted by molar-refractivity contribution is 1.11. The first-order chi connectivity index (χ1) is 7.72. The van der Waals surface area contributed by atoms with Crippen LogP contribution in [0.1, 0.15) is 18.2 Å². The number of rotatable bonds is 2. The fourth-order valence-electron chi connectivity index (χ4n) is 1.73. The summed E-state index contributed by atoms with van der Waals surface area (Å²) in [5.41, 5.74) is 8.76. The van der Waals surface area contributed by atoms with Gasteiger partial charge in [0.2, 0.25) is 0 Å². The molecule has 2 rings (SSSR count). The molecule has 0 radical (unpaired) electrons. The molecule has 1 aromatic carbocycles. The van der Waals surface area contributed by atoms with Gasteiger partial charge in [0.05, 0.1) is 5.52 Å². The zero-order valence-corrected chi connectivity index (χ0v) is 9.57. The van der Waals surface area contributed by atoms with Crippen LogP contribution >= 0.6 is 0 Å². The molecule has 2 aromatic rings. The molecule has 82 valence electrons. The highest BCUT2D eigenvalue weighted by Crippen LogP contribution is 2.17. The van der Waals surface area contributed by atoms with Crippen LogP contribution in [0.2, 0.25) is 0 Å². The van der Waals surface area contributed by atoms with E-state index in [4.69, 9.17) is 5.73 Å². The van der Waals surface area contributed by atoms with Gasteiger partial charge in [-0.15, -0.1) is 0 Å². The van der Waals surface area contributed by atoms with Crippen LogP contribution in [0.5, 0.6) is 0 Å². The molecular weight excluding hydrogens is 198 g/mol. The molecule has 3 heteroatoms. The van der Waals surface area contributed by atoms with Crippen molar-refractivity contribution in [1.82, 2.24) is 4.98 Å². The highest BCUT2D eigenvalue weighted by atomic mass is 14.9. The van der Waals surface area contributed by atoms with Crippen LogP contribution in [0.15, 0.2) is 35.3 Å². The second kappa shape index (κ2) is 4.31. The van der Waals surface area contributed by atoms with E-state index in [2.05, 4.69) is 23.0 Å². The van der Waals surface area contributed by atoms with Gasteiger partial charge in [-0.2, -0.15) is 0 Å². The number of aliphatic imine (C=N–C) groups is 1. The molecule has 0 unspecified atom stereocenters. The van der Waals surface area contributed by atoms with Crippen LogP contribution in [-0.2, 0) is 0 Å². The van der Waals surface area contributed by atoms with Crippen molar-refractivity contribution >= 4 is 16.7 Å². The highest BCUT2D eigenvalue weighted by molar-refractivity contribution is 5.98. The number of pyridine rings is 1. The quantitative estimate of drug-likeness (QED) is 0.614. The van der Waals surface area contributed by atoms with Crippen molar-refractivity contribution in [3.05, 3.63) is 41.6 Å². The van der Waals surface area contributed by atoms with E-state index in [1.165, 1.54) is 5.56 Å². The Bertz CT molecular complexity index is 544. The Balaban J connectivity index is 2.62. The van der Waals surface area contributed by atoms with Crippen molar-refractivity contribution < 1.29 is 0 Å². The zero-order valence-electron chi connectivity index (χ0n) is 9.57. The van der Waals surface area contributed by atoms with E-state index < -0.39 is 0 Å². The summed E-state index contributed by atoms with van der Waals surface area (Å²) in [6.07, 6.45) is 0. The van der Waals surface area contributed by atoms with Gasteiger partial charge in [-0.05, 0) is 31.5 Å². The van der Waals surface area contributed by atoms with Crippen molar-refractivity contribution in [3.8, 4) is 0 Å². The maximum absolute atomic E-state index is 5.85. The van der Waals surface area contributed by atoms with Crippen molar-refractivity contribution in [2.75, 3.05) is 6.54 Å². The average Bonchev–Trinajstić information content (AvgIpc) is 2.29. The molecule has 16 heavy (non-hydrogen) atoms. The Morgan fingerprint density at radius 3 is 2.88 bits per heavy atom. The van der Waals surface area contributed by atoms with E-state index >= 15 is 0 Å². The lowest BCUT2D eigenvalue weighted by Crippen LogP contribution is -2.15. The van der Waals surface area contributed by atoms with Gasteiger partial charge in [0.25, 0.3) is 0 Å². The van der Waals surface area contributed by atoms with Crippen LogP contribution in [0.3, 0.4) is 0 Å². The lowest BCUT2D eigenvalue weighted by atomic mass is 10.1. The molecule has 0 atom stereocenters. The van der Waals surface area contributed by atoms with E-state index in [-0.39, 0.29) is 0 Å². The first kappa shape index (κ1) is 10.6. The highest BCUT2D eigenvalue weighted by Gasteiger charge is 2.04. The molecule has 1 aromatic heterocycles. The van der Waals surface area contributed by atoms with E-state index in [0.717, 1.165) is 16.6 Å². The van der Waals surface area contributed by atoms with Crippen molar-refractivity contribution in [1.29, 1.82) is 0 Å². The van der Waals surface area contributed by atoms with Crippen LogP contribution in [0.25, 0.3) is 10.9 Å². The van der Waals surface area contributed by atoms with Gasteiger partial charge in [-0.3, -0.25) is 4.99 Å². The van der Waals surface area contributed by atoms with Gasteiger partial charge in [0.15, 0.2) is 0 Å². The number of hydrogen-bond acceptors (Lipinski definition) is 2. The number of nitrogens with two attached hydrogens (primary N) is 1. The Labute approximate surface area is 95.0 Å². The van der Waals surface area contributed by atoms with Crippen LogP contribution in [0.4, 0.5) is 0 Å². The summed E-state index contributed by atoms with van der Waals surface area (Å²) in [6, 6.07) is 10.0. The Morgan fingerprint density at radius 2 is 2.12 bits per heavy atom. The molecule has 3 nitrogen and oxygen atoms in total. The minimum Gasteiger partial charge on any atom is -0.382 e. The maximum Gasteiger partial charge on any atom is 0.144 e. The number of aryl methyl sites for hydroxylation is 1. The third kappa shape index (κ3) is 1.89. The molecule has 0 fully saturated rings.